The minimum atomic E-state index is -3.02. The lowest BCUT2D eigenvalue weighted by molar-refractivity contribution is 0.190. The van der Waals surface area contributed by atoms with E-state index in [1.165, 1.54) is 0 Å². The largest absolute Gasteiger partial charge is 0.409 e. The fraction of sp³-hybridized carbons (Fsp3) is 1.00. The molecule has 0 spiro atoms. The van der Waals surface area contributed by atoms with Crippen LogP contribution in [0.3, 0.4) is 0 Å². The van der Waals surface area contributed by atoms with Gasteiger partial charge >= 0.3 is 7.75 Å². The maximum atomic E-state index is 12.3. The van der Waals surface area contributed by atoms with Gasteiger partial charge in [0.1, 0.15) is 0 Å². The third-order valence-electron chi connectivity index (χ3n) is 2.76. The Hall–Kier alpha value is 0.110. The van der Waals surface area contributed by atoms with Gasteiger partial charge < -0.3 is 0 Å². The topological polar surface area (TPSA) is 38.5 Å². The van der Waals surface area contributed by atoms with Crippen molar-refractivity contribution in [2.45, 2.75) is 46.2 Å². The lowest BCUT2D eigenvalue weighted by Gasteiger charge is -2.19. The lowest BCUT2D eigenvalue weighted by Crippen LogP contribution is -2.11. The van der Waals surface area contributed by atoms with Crippen molar-refractivity contribution in [3.63, 3.8) is 0 Å². The van der Waals surface area contributed by atoms with Crippen molar-refractivity contribution in [2.24, 2.45) is 0 Å². The van der Waals surface area contributed by atoms with Crippen LogP contribution in [0.4, 0.5) is 0 Å². The maximum Gasteiger partial charge on any atom is 0.409 e. The zero-order valence-electron chi connectivity index (χ0n) is 9.61. The van der Waals surface area contributed by atoms with Crippen LogP contribution in [0.2, 0.25) is 0 Å². The molecular formula is C9H20NO3P. The second-order valence-electron chi connectivity index (χ2n) is 3.98. The molecule has 0 radical (unpaired) electrons. The Labute approximate surface area is 86.2 Å². The molecule has 0 bridgehead atoms. The molecule has 0 aromatic carbocycles. The molecule has 5 heteroatoms. The molecular weight excluding hydrogens is 201 g/mol. The highest BCUT2D eigenvalue weighted by atomic mass is 31.2. The van der Waals surface area contributed by atoms with Crippen LogP contribution in [0.1, 0.15) is 34.6 Å². The molecule has 2 unspecified atom stereocenters. The van der Waals surface area contributed by atoms with E-state index in [1.807, 2.05) is 39.3 Å². The molecule has 0 aliphatic carbocycles. The molecule has 0 N–H and O–H groups in total. The Morgan fingerprint density at radius 2 is 1.64 bits per heavy atom. The summed E-state index contributed by atoms with van der Waals surface area (Å²) in [6.07, 6.45) is 0. The Morgan fingerprint density at radius 3 is 1.86 bits per heavy atom. The van der Waals surface area contributed by atoms with E-state index in [9.17, 15) is 4.57 Å². The smallest absolute Gasteiger partial charge is 0.297 e. The summed E-state index contributed by atoms with van der Waals surface area (Å²) in [6, 6.07) is 0.256. The first-order valence-electron chi connectivity index (χ1n) is 5.09. The van der Waals surface area contributed by atoms with Crippen LogP contribution in [-0.2, 0) is 13.6 Å². The van der Waals surface area contributed by atoms with Gasteiger partial charge in [0.05, 0.1) is 13.2 Å². The zero-order valence-corrected chi connectivity index (χ0v) is 10.5. The van der Waals surface area contributed by atoms with E-state index in [-0.39, 0.29) is 11.6 Å². The van der Waals surface area contributed by atoms with Gasteiger partial charge in [0.15, 0.2) is 0 Å². The predicted molar refractivity (Wildman–Crippen MR) is 56.2 cm³/mol. The summed E-state index contributed by atoms with van der Waals surface area (Å²) in [5, 5.41) is 0. The molecule has 2 atom stereocenters. The molecule has 1 saturated heterocycles. The van der Waals surface area contributed by atoms with Crippen molar-refractivity contribution in [3.05, 3.63) is 0 Å². The van der Waals surface area contributed by atoms with Crippen LogP contribution in [0.25, 0.3) is 0 Å². The Morgan fingerprint density at radius 1 is 1.29 bits per heavy atom. The summed E-state index contributed by atoms with van der Waals surface area (Å²) >= 11 is 0. The number of hydrogen-bond donors (Lipinski definition) is 0. The summed E-state index contributed by atoms with van der Waals surface area (Å²) in [7, 11) is -3.02. The number of rotatable bonds is 5. The average Bonchev–Trinajstić information content (AvgIpc) is 2.52. The van der Waals surface area contributed by atoms with Crippen LogP contribution >= 0.6 is 7.75 Å². The molecule has 1 rings (SSSR count). The van der Waals surface area contributed by atoms with E-state index in [2.05, 4.69) is 0 Å². The van der Waals surface area contributed by atoms with Crippen LogP contribution < -0.4 is 0 Å². The average molecular weight is 221 g/mol. The molecule has 14 heavy (non-hydrogen) atoms. The molecule has 1 aliphatic heterocycles. The minimum absolute atomic E-state index is 0.0696. The van der Waals surface area contributed by atoms with Crippen molar-refractivity contribution < 1.29 is 13.6 Å². The molecule has 4 nitrogen and oxygen atoms in total. The Kier molecular flexibility index (Phi) is 3.42. The Bertz CT molecular complexity index is 244. The molecule has 0 amide bonds. The van der Waals surface area contributed by atoms with Crippen molar-refractivity contribution in [2.75, 3.05) is 13.2 Å². The van der Waals surface area contributed by atoms with E-state index in [1.54, 1.807) is 0 Å². The summed E-state index contributed by atoms with van der Waals surface area (Å²) in [6.45, 7) is 10.6. The van der Waals surface area contributed by atoms with Crippen molar-refractivity contribution in [1.29, 1.82) is 0 Å². The first-order chi connectivity index (χ1) is 6.40. The maximum absolute atomic E-state index is 12.3. The fourth-order valence-electron chi connectivity index (χ4n) is 1.68. The summed E-state index contributed by atoms with van der Waals surface area (Å²) in [5.41, 5.74) is -0.0696. The van der Waals surface area contributed by atoms with Gasteiger partial charge in [-0.2, -0.15) is 4.67 Å². The SMILES string of the molecule is CCOP(=O)(OCC)N1C(C)C1(C)C. The lowest BCUT2D eigenvalue weighted by atomic mass is 10.2. The van der Waals surface area contributed by atoms with Gasteiger partial charge in [0.2, 0.25) is 0 Å². The molecule has 1 fully saturated rings. The molecule has 0 aromatic heterocycles. The highest BCUT2D eigenvalue weighted by Gasteiger charge is 2.62. The van der Waals surface area contributed by atoms with Crippen LogP contribution in [0, 0.1) is 0 Å². The monoisotopic (exact) mass is 221 g/mol. The van der Waals surface area contributed by atoms with Gasteiger partial charge in [-0.15, -0.1) is 0 Å². The number of nitrogens with zero attached hydrogens (tertiary/aromatic N) is 1. The summed E-state index contributed by atoms with van der Waals surface area (Å²) in [5.74, 6) is 0. The second-order valence-corrected chi connectivity index (χ2v) is 5.86. The first-order valence-corrected chi connectivity index (χ1v) is 6.58. The van der Waals surface area contributed by atoms with E-state index in [4.69, 9.17) is 9.05 Å². The van der Waals surface area contributed by atoms with Crippen molar-refractivity contribution in [1.82, 2.24) is 4.67 Å². The molecule has 1 aliphatic rings. The quantitative estimate of drug-likeness (QED) is 0.528. The third-order valence-corrected chi connectivity index (χ3v) is 5.32. The number of hydrogen-bond acceptors (Lipinski definition) is 3. The highest BCUT2D eigenvalue weighted by Crippen LogP contribution is 2.65. The first kappa shape index (κ1) is 12.2. The van der Waals surface area contributed by atoms with Gasteiger partial charge in [-0.05, 0) is 34.6 Å². The second kappa shape index (κ2) is 3.93. The molecule has 0 saturated carbocycles. The zero-order chi connectivity index (χ0) is 11.0. The molecule has 84 valence electrons. The van der Waals surface area contributed by atoms with Gasteiger partial charge in [0.25, 0.3) is 0 Å². The van der Waals surface area contributed by atoms with Gasteiger partial charge in [0, 0.05) is 11.6 Å². The summed E-state index contributed by atoms with van der Waals surface area (Å²) in [4.78, 5) is 0. The van der Waals surface area contributed by atoms with E-state index in [0.717, 1.165) is 0 Å². The fourth-order valence-corrected chi connectivity index (χ4v) is 4.11. The van der Waals surface area contributed by atoms with E-state index >= 15 is 0 Å². The van der Waals surface area contributed by atoms with E-state index < -0.39 is 7.75 Å². The van der Waals surface area contributed by atoms with Gasteiger partial charge in [-0.3, -0.25) is 9.05 Å². The standard InChI is InChI=1S/C9H20NO3P/c1-6-12-14(11,13-7-2)10-8(3)9(10,4)5/h8H,6-7H2,1-5H3. The van der Waals surface area contributed by atoms with Crippen LogP contribution in [0.5, 0.6) is 0 Å². The highest BCUT2D eigenvalue weighted by molar-refractivity contribution is 7.51. The van der Waals surface area contributed by atoms with Crippen molar-refractivity contribution >= 4 is 7.75 Å². The van der Waals surface area contributed by atoms with Crippen molar-refractivity contribution in [3.8, 4) is 0 Å². The normalized spacial score (nSPS) is 30.4. The van der Waals surface area contributed by atoms with Gasteiger partial charge in [-0.1, -0.05) is 0 Å². The van der Waals surface area contributed by atoms with Gasteiger partial charge in [-0.25, -0.2) is 4.57 Å². The van der Waals surface area contributed by atoms with Crippen LogP contribution in [0.15, 0.2) is 0 Å². The third kappa shape index (κ3) is 1.89. The molecule has 0 aromatic rings. The van der Waals surface area contributed by atoms with E-state index in [0.29, 0.717) is 13.2 Å². The summed E-state index contributed by atoms with van der Waals surface area (Å²) < 4.78 is 24.6. The van der Waals surface area contributed by atoms with Crippen LogP contribution in [-0.4, -0.2) is 29.5 Å². The Balaban J connectivity index is 2.76. The predicted octanol–water partition coefficient (Wildman–Crippen LogP) is 2.65. The minimum Gasteiger partial charge on any atom is -0.297 e. The molecule has 1 heterocycles.